The first kappa shape index (κ1) is 13.4. The Labute approximate surface area is 117 Å². The monoisotopic (exact) mass is 310 g/mol. The van der Waals surface area contributed by atoms with Crippen molar-refractivity contribution in [2.45, 2.75) is 32.2 Å². The summed E-state index contributed by atoms with van der Waals surface area (Å²) in [4.78, 5) is 13.9. The molecule has 1 aromatic rings. The molecule has 0 unspecified atom stereocenters. The van der Waals surface area contributed by atoms with Gasteiger partial charge >= 0.3 is 6.03 Å². The van der Waals surface area contributed by atoms with Crippen LogP contribution in [0.1, 0.15) is 31.2 Å². The number of benzene rings is 1. The maximum absolute atomic E-state index is 12.0. The first-order valence-electron chi connectivity index (χ1n) is 6.53. The van der Waals surface area contributed by atoms with Gasteiger partial charge in [0.25, 0.3) is 0 Å². The summed E-state index contributed by atoms with van der Waals surface area (Å²) < 4.78 is 1.06. The Bertz CT molecular complexity index is 383. The van der Waals surface area contributed by atoms with Crippen LogP contribution in [0.2, 0.25) is 0 Å². The summed E-state index contributed by atoms with van der Waals surface area (Å²) in [6.07, 6.45) is 4.75. The van der Waals surface area contributed by atoms with Gasteiger partial charge in [0.1, 0.15) is 0 Å². The van der Waals surface area contributed by atoms with Crippen LogP contribution in [0.3, 0.4) is 0 Å². The van der Waals surface area contributed by atoms with Crippen LogP contribution in [0.25, 0.3) is 0 Å². The van der Waals surface area contributed by atoms with E-state index in [4.69, 9.17) is 0 Å². The Hall–Kier alpha value is -1.03. The quantitative estimate of drug-likeness (QED) is 0.890. The second-order valence-corrected chi connectivity index (χ2v) is 5.60. The second-order valence-electron chi connectivity index (χ2n) is 4.69. The summed E-state index contributed by atoms with van der Waals surface area (Å²) in [5.41, 5.74) is 1.13. The average Bonchev–Trinajstić information content (AvgIpc) is 2.66. The number of hydrogen-bond acceptors (Lipinski definition) is 1. The summed E-state index contributed by atoms with van der Waals surface area (Å²) >= 11 is 3.40. The molecule has 3 nitrogen and oxygen atoms in total. The van der Waals surface area contributed by atoms with Crippen molar-refractivity contribution in [3.63, 3.8) is 0 Å². The zero-order chi connectivity index (χ0) is 12.8. The number of rotatable bonds is 2. The molecular formula is C14H19BrN2O. The molecule has 0 atom stereocenters. The molecule has 0 saturated carbocycles. The second kappa shape index (κ2) is 6.78. The van der Waals surface area contributed by atoms with Gasteiger partial charge in [0, 0.05) is 24.1 Å². The fraction of sp³-hybridized carbons (Fsp3) is 0.500. The van der Waals surface area contributed by atoms with Gasteiger partial charge in [-0.15, -0.1) is 0 Å². The lowest BCUT2D eigenvalue weighted by molar-refractivity contribution is 0.199. The van der Waals surface area contributed by atoms with E-state index in [2.05, 4.69) is 21.2 Å². The molecule has 1 aromatic carbocycles. The number of nitrogens with zero attached hydrogens (tertiary/aromatic N) is 1. The zero-order valence-corrected chi connectivity index (χ0v) is 12.1. The van der Waals surface area contributed by atoms with Crippen LogP contribution in [0, 0.1) is 0 Å². The van der Waals surface area contributed by atoms with E-state index in [9.17, 15) is 4.79 Å². The molecule has 4 heteroatoms. The third kappa shape index (κ3) is 4.02. The third-order valence-corrected chi connectivity index (χ3v) is 3.78. The Balaban J connectivity index is 1.81. The van der Waals surface area contributed by atoms with Crippen LogP contribution in [0.4, 0.5) is 4.79 Å². The number of amides is 2. The van der Waals surface area contributed by atoms with Crippen LogP contribution >= 0.6 is 15.9 Å². The van der Waals surface area contributed by atoms with Crippen LogP contribution in [-0.4, -0.2) is 24.0 Å². The van der Waals surface area contributed by atoms with Gasteiger partial charge in [-0.3, -0.25) is 0 Å². The van der Waals surface area contributed by atoms with Gasteiger partial charge < -0.3 is 10.2 Å². The summed E-state index contributed by atoms with van der Waals surface area (Å²) in [6.45, 7) is 2.39. The molecule has 1 aliphatic heterocycles. The molecule has 2 rings (SSSR count). The van der Waals surface area contributed by atoms with Crippen molar-refractivity contribution < 1.29 is 4.79 Å². The molecule has 98 valence electrons. The van der Waals surface area contributed by atoms with Crippen LogP contribution < -0.4 is 5.32 Å². The minimum absolute atomic E-state index is 0.0693. The van der Waals surface area contributed by atoms with Crippen molar-refractivity contribution in [1.82, 2.24) is 10.2 Å². The molecule has 1 heterocycles. The molecule has 1 saturated heterocycles. The molecule has 0 spiro atoms. The van der Waals surface area contributed by atoms with Crippen molar-refractivity contribution in [2.75, 3.05) is 13.1 Å². The average molecular weight is 311 g/mol. The fourth-order valence-electron chi connectivity index (χ4n) is 2.17. The highest BCUT2D eigenvalue weighted by Gasteiger charge is 2.14. The van der Waals surface area contributed by atoms with Crippen molar-refractivity contribution >= 4 is 22.0 Å². The molecule has 0 bridgehead atoms. The number of urea groups is 1. The van der Waals surface area contributed by atoms with Crippen molar-refractivity contribution in [2.24, 2.45) is 0 Å². The molecular weight excluding hydrogens is 292 g/mol. The smallest absolute Gasteiger partial charge is 0.317 e. The highest BCUT2D eigenvalue weighted by Crippen LogP contribution is 2.11. The van der Waals surface area contributed by atoms with Gasteiger partial charge in [-0.2, -0.15) is 0 Å². The molecule has 1 fully saturated rings. The molecule has 1 N–H and O–H groups in total. The van der Waals surface area contributed by atoms with Gasteiger partial charge in [-0.25, -0.2) is 4.79 Å². The normalized spacial score (nSPS) is 16.2. The third-order valence-electron chi connectivity index (χ3n) is 3.25. The van der Waals surface area contributed by atoms with Crippen molar-refractivity contribution in [1.29, 1.82) is 0 Å². The predicted octanol–water partition coefficient (Wildman–Crippen LogP) is 3.53. The van der Waals surface area contributed by atoms with Gasteiger partial charge in [0.2, 0.25) is 0 Å². The predicted molar refractivity (Wildman–Crippen MR) is 76.4 cm³/mol. The number of nitrogens with one attached hydrogen (secondary N) is 1. The van der Waals surface area contributed by atoms with Gasteiger partial charge in [-0.1, -0.05) is 40.9 Å². The van der Waals surface area contributed by atoms with Gasteiger partial charge in [0.15, 0.2) is 0 Å². The largest absolute Gasteiger partial charge is 0.334 e. The van der Waals surface area contributed by atoms with E-state index >= 15 is 0 Å². The first-order valence-corrected chi connectivity index (χ1v) is 7.32. The topological polar surface area (TPSA) is 32.3 Å². The van der Waals surface area contributed by atoms with E-state index in [1.165, 1.54) is 12.8 Å². The highest BCUT2D eigenvalue weighted by atomic mass is 79.9. The Morgan fingerprint density at radius 2 is 1.72 bits per heavy atom. The Kier molecular flexibility index (Phi) is 5.05. The van der Waals surface area contributed by atoms with Crippen LogP contribution in [0.15, 0.2) is 28.7 Å². The van der Waals surface area contributed by atoms with Crippen LogP contribution in [0.5, 0.6) is 0 Å². The van der Waals surface area contributed by atoms with E-state index in [-0.39, 0.29) is 6.03 Å². The molecule has 0 aliphatic carbocycles. The van der Waals surface area contributed by atoms with Gasteiger partial charge in [0.05, 0.1) is 0 Å². The molecule has 0 aromatic heterocycles. The van der Waals surface area contributed by atoms with E-state index in [0.717, 1.165) is 36.0 Å². The SMILES string of the molecule is O=C(NCc1ccc(Br)cc1)N1CCCCCC1. The van der Waals surface area contributed by atoms with Crippen molar-refractivity contribution in [3.05, 3.63) is 34.3 Å². The van der Waals surface area contributed by atoms with E-state index in [1.54, 1.807) is 0 Å². The molecule has 1 aliphatic rings. The van der Waals surface area contributed by atoms with Crippen molar-refractivity contribution in [3.8, 4) is 0 Å². The molecule has 18 heavy (non-hydrogen) atoms. The first-order chi connectivity index (χ1) is 8.75. The maximum atomic E-state index is 12.0. The minimum Gasteiger partial charge on any atom is -0.334 e. The standard InChI is InChI=1S/C14H19BrN2O/c15-13-7-5-12(6-8-13)11-16-14(18)17-9-3-1-2-4-10-17/h5-8H,1-4,9-11H2,(H,16,18). The lowest BCUT2D eigenvalue weighted by Crippen LogP contribution is -2.40. The maximum Gasteiger partial charge on any atom is 0.317 e. The van der Waals surface area contributed by atoms with Gasteiger partial charge in [-0.05, 0) is 30.5 Å². The Morgan fingerprint density at radius 1 is 1.11 bits per heavy atom. The summed E-state index contributed by atoms with van der Waals surface area (Å²) in [7, 11) is 0. The highest BCUT2D eigenvalue weighted by molar-refractivity contribution is 9.10. The Morgan fingerprint density at radius 3 is 2.33 bits per heavy atom. The number of hydrogen-bond donors (Lipinski definition) is 1. The fourth-order valence-corrected chi connectivity index (χ4v) is 2.43. The number of likely N-dealkylation sites (tertiary alicyclic amines) is 1. The van der Waals surface area contributed by atoms with E-state index in [1.807, 2.05) is 29.2 Å². The van der Waals surface area contributed by atoms with E-state index < -0.39 is 0 Å². The minimum atomic E-state index is 0.0693. The lowest BCUT2D eigenvalue weighted by Gasteiger charge is -2.20. The lowest BCUT2D eigenvalue weighted by atomic mass is 10.2. The molecule has 0 radical (unpaired) electrons. The summed E-state index contributed by atoms with van der Waals surface area (Å²) in [5.74, 6) is 0. The number of halogens is 1. The summed E-state index contributed by atoms with van der Waals surface area (Å²) in [6, 6.07) is 8.10. The number of carbonyl (C=O) groups is 1. The summed E-state index contributed by atoms with van der Waals surface area (Å²) in [5, 5.41) is 2.99. The van der Waals surface area contributed by atoms with E-state index in [0.29, 0.717) is 6.54 Å². The van der Waals surface area contributed by atoms with Crippen LogP contribution in [-0.2, 0) is 6.54 Å². The zero-order valence-electron chi connectivity index (χ0n) is 10.5. The molecule has 2 amide bonds. The number of carbonyl (C=O) groups excluding carboxylic acids is 1.